The Bertz CT molecular complexity index is 407. The molecular formula is C16H26FN3. The van der Waals surface area contributed by atoms with Gasteiger partial charge in [-0.15, -0.1) is 0 Å². The van der Waals surface area contributed by atoms with Crippen LogP contribution in [0.25, 0.3) is 0 Å². The van der Waals surface area contributed by atoms with E-state index >= 15 is 0 Å². The van der Waals surface area contributed by atoms with E-state index in [0.29, 0.717) is 6.04 Å². The van der Waals surface area contributed by atoms with Gasteiger partial charge in [-0.2, -0.15) is 0 Å². The van der Waals surface area contributed by atoms with Gasteiger partial charge in [-0.1, -0.05) is 19.8 Å². The van der Waals surface area contributed by atoms with Crippen LogP contribution in [0.3, 0.4) is 0 Å². The molecule has 112 valence electrons. The molecule has 0 saturated heterocycles. The van der Waals surface area contributed by atoms with Crippen molar-refractivity contribution in [2.75, 3.05) is 13.6 Å². The van der Waals surface area contributed by atoms with Crippen LogP contribution in [0.4, 0.5) is 4.39 Å². The highest BCUT2D eigenvalue weighted by Gasteiger charge is 2.25. The molecular weight excluding hydrogens is 253 g/mol. The lowest BCUT2D eigenvalue weighted by Crippen LogP contribution is -2.40. The average molecular weight is 279 g/mol. The lowest BCUT2D eigenvalue weighted by atomic mass is 9.85. The van der Waals surface area contributed by atoms with Crippen LogP contribution in [0.2, 0.25) is 0 Å². The number of hydrogen-bond acceptors (Lipinski definition) is 3. The standard InChI is InChI=1S/C16H26FN3/c1-12-5-3-4-6-16(12)20(2)10-9-14(18)15-8-7-13(17)11-19-15/h7-8,11-12,14,16H,3-6,9-10,18H2,1-2H3. The van der Waals surface area contributed by atoms with E-state index in [1.807, 2.05) is 0 Å². The number of hydrogen-bond donors (Lipinski definition) is 1. The Hall–Kier alpha value is -1.00. The number of nitrogens with two attached hydrogens (primary N) is 1. The van der Waals surface area contributed by atoms with Crippen molar-refractivity contribution >= 4 is 0 Å². The summed E-state index contributed by atoms with van der Waals surface area (Å²) < 4.78 is 12.8. The minimum absolute atomic E-state index is 0.114. The molecule has 1 aliphatic rings. The van der Waals surface area contributed by atoms with Gasteiger partial charge >= 0.3 is 0 Å². The molecule has 0 bridgehead atoms. The minimum atomic E-state index is -0.311. The van der Waals surface area contributed by atoms with E-state index < -0.39 is 0 Å². The fourth-order valence-corrected chi connectivity index (χ4v) is 3.21. The van der Waals surface area contributed by atoms with Gasteiger partial charge in [0.1, 0.15) is 5.82 Å². The Morgan fingerprint density at radius 2 is 2.15 bits per heavy atom. The molecule has 0 radical (unpaired) electrons. The predicted octanol–water partition coefficient (Wildman–Crippen LogP) is 3.12. The van der Waals surface area contributed by atoms with Gasteiger partial charge in [0, 0.05) is 12.1 Å². The first-order chi connectivity index (χ1) is 9.58. The third kappa shape index (κ3) is 4.00. The summed E-state index contributed by atoms with van der Waals surface area (Å²) in [6, 6.07) is 3.67. The molecule has 3 unspecified atom stereocenters. The van der Waals surface area contributed by atoms with E-state index in [2.05, 4.69) is 23.9 Å². The molecule has 1 saturated carbocycles. The van der Waals surface area contributed by atoms with E-state index in [4.69, 9.17) is 5.73 Å². The lowest BCUT2D eigenvalue weighted by molar-refractivity contribution is 0.136. The topological polar surface area (TPSA) is 42.1 Å². The molecule has 0 aliphatic heterocycles. The number of pyridine rings is 1. The van der Waals surface area contributed by atoms with Crippen molar-refractivity contribution in [2.45, 2.75) is 51.1 Å². The van der Waals surface area contributed by atoms with Crippen molar-refractivity contribution in [1.82, 2.24) is 9.88 Å². The number of rotatable bonds is 5. The number of aromatic nitrogens is 1. The zero-order valence-electron chi connectivity index (χ0n) is 12.6. The van der Waals surface area contributed by atoms with Crippen molar-refractivity contribution in [1.29, 1.82) is 0 Å². The smallest absolute Gasteiger partial charge is 0.141 e. The molecule has 1 aromatic heterocycles. The molecule has 3 nitrogen and oxygen atoms in total. The van der Waals surface area contributed by atoms with Gasteiger partial charge in [0.2, 0.25) is 0 Å². The van der Waals surface area contributed by atoms with E-state index in [9.17, 15) is 4.39 Å². The zero-order valence-corrected chi connectivity index (χ0v) is 12.6. The van der Waals surface area contributed by atoms with Crippen LogP contribution in [0.5, 0.6) is 0 Å². The van der Waals surface area contributed by atoms with Crippen LogP contribution in [-0.2, 0) is 0 Å². The molecule has 4 heteroatoms. The molecule has 2 rings (SSSR count). The second-order valence-electron chi connectivity index (χ2n) is 6.11. The number of nitrogens with zero attached hydrogens (tertiary/aromatic N) is 2. The van der Waals surface area contributed by atoms with E-state index in [-0.39, 0.29) is 11.9 Å². The van der Waals surface area contributed by atoms with Crippen LogP contribution in [0.15, 0.2) is 18.3 Å². The monoisotopic (exact) mass is 279 g/mol. The van der Waals surface area contributed by atoms with Gasteiger partial charge in [0.25, 0.3) is 0 Å². The molecule has 1 aliphatic carbocycles. The van der Waals surface area contributed by atoms with Gasteiger partial charge in [-0.3, -0.25) is 4.98 Å². The first-order valence-electron chi connectivity index (χ1n) is 7.65. The summed E-state index contributed by atoms with van der Waals surface area (Å²) in [4.78, 5) is 6.50. The van der Waals surface area contributed by atoms with Crippen LogP contribution < -0.4 is 5.73 Å². The van der Waals surface area contributed by atoms with Crippen molar-refractivity contribution < 1.29 is 4.39 Å². The van der Waals surface area contributed by atoms with Crippen molar-refractivity contribution in [3.63, 3.8) is 0 Å². The highest BCUT2D eigenvalue weighted by molar-refractivity contribution is 5.09. The van der Waals surface area contributed by atoms with Crippen molar-refractivity contribution in [3.8, 4) is 0 Å². The van der Waals surface area contributed by atoms with Crippen LogP contribution in [-0.4, -0.2) is 29.5 Å². The Kier molecular flexibility index (Phi) is 5.49. The number of halogens is 1. The summed E-state index contributed by atoms with van der Waals surface area (Å²) >= 11 is 0. The molecule has 2 N–H and O–H groups in total. The quantitative estimate of drug-likeness (QED) is 0.900. The third-order valence-corrected chi connectivity index (χ3v) is 4.56. The fraction of sp³-hybridized carbons (Fsp3) is 0.688. The largest absolute Gasteiger partial charge is 0.323 e. The maximum Gasteiger partial charge on any atom is 0.141 e. The van der Waals surface area contributed by atoms with Gasteiger partial charge in [0.15, 0.2) is 0 Å². The van der Waals surface area contributed by atoms with Crippen LogP contribution in [0.1, 0.15) is 50.8 Å². The van der Waals surface area contributed by atoms with Gasteiger partial charge < -0.3 is 10.6 Å². The molecule has 1 aromatic rings. The van der Waals surface area contributed by atoms with Gasteiger partial charge in [0.05, 0.1) is 11.9 Å². The van der Waals surface area contributed by atoms with E-state index in [0.717, 1.165) is 24.6 Å². The second-order valence-corrected chi connectivity index (χ2v) is 6.11. The molecule has 0 amide bonds. The molecule has 3 atom stereocenters. The first kappa shape index (κ1) is 15.4. The van der Waals surface area contributed by atoms with Gasteiger partial charge in [-0.25, -0.2) is 4.39 Å². The molecule has 1 heterocycles. The van der Waals surface area contributed by atoms with Crippen molar-refractivity contribution in [2.24, 2.45) is 11.7 Å². The lowest BCUT2D eigenvalue weighted by Gasteiger charge is -2.36. The zero-order chi connectivity index (χ0) is 14.5. The molecule has 0 aromatic carbocycles. The van der Waals surface area contributed by atoms with Crippen LogP contribution in [0, 0.1) is 11.7 Å². The first-order valence-corrected chi connectivity index (χ1v) is 7.65. The Labute approximate surface area is 121 Å². The predicted molar refractivity (Wildman–Crippen MR) is 79.8 cm³/mol. The molecule has 0 spiro atoms. The summed E-state index contributed by atoms with van der Waals surface area (Å²) in [7, 11) is 2.19. The summed E-state index contributed by atoms with van der Waals surface area (Å²) in [5.41, 5.74) is 6.92. The third-order valence-electron chi connectivity index (χ3n) is 4.56. The summed E-state index contributed by atoms with van der Waals surface area (Å²) in [5, 5.41) is 0. The SMILES string of the molecule is CC1CCCCC1N(C)CCC(N)c1ccc(F)cn1. The van der Waals surface area contributed by atoms with Gasteiger partial charge in [-0.05, 0) is 50.9 Å². The van der Waals surface area contributed by atoms with E-state index in [1.165, 1.54) is 37.9 Å². The maximum absolute atomic E-state index is 12.8. The van der Waals surface area contributed by atoms with Crippen molar-refractivity contribution in [3.05, 3.63) is 29.8 Å². The minimum Gasteiger partial charge on any atom is -0.323 e. The summed E-state index contributed by atoms with van der Waals surface area (Å²) in [6.45, 7) is 3.32. The Balaban J connectivity index is 1.83. The Morgan fingerprint density at radius 3 is 2.80 bits per heavy atom. The Morgan fingerprint density at radius 1 is 1.40 bits per heavy atom. The molecule has 1 fully saturated rings. The summed E-state index contributed by atoms with van der Waals surface area (Å²) in [5.74, 6) is 0.461. The second kappa shape index (κ2) is 7.14. The normalized spacial score (nSPS) is 24.9. The summed E-state index contributed by atoms with van der Waals surface area (Å²) in [6.07, 6.45) is 7.43. The maximum atomic E-state index is 12.8. The highest BCUT2D eigenvalue weighted by atomic mass is 19.1. The fourth-order valence-electron chi connectivity index (χ4n) is 3.21. The van der Waals surface area contributed by atoms with Crippen LogP contribution >= 0.6 is 0 Å². The average Bonchev–Trinajstić information content (AvgIpc) is 2.45. The molecule has 20 heavy (non-hydrogen) atoms. The van der Waals surface area contributed by atoms with E-state index in [1.54, 1.807) is 6.07 Å². The highest BCUT2D eigenvalue weighted by Crippen LogP contribution is 2.27.